The summed E-state index contributed by atoms with van der Waals surface area (Å²) < 4.78 is 0. The molecule has 0 aliphatic rings. The molecule has 0 radical (unpaired) electrons. The Labute approximate surface area is 70.4 Å². The minimum Gasteiger partial charge on any atom is -0.397 e. The van der Waals surface area contributed by atoms with E-state index in [0.29, 0.717) is 16.4 Å². The lowest BCUT2D eigenvalue weighted by Gasteiger charge is -2.07. The molecule has 0 saturated heterocycles. The van der Waals surface area contributed by atoms with Crippen LogP contribution >= 0.6 is 11.6 Å². The number of aromatic nitrogens is 1. The average molecular weight is 172 g/mol. The summed E-state index contributed by atoms with van der Waals surface area (Å²) in [7, 11) is 0. The number of halogens is 1. The van der Waals surface area contributed by atoms with E-state index in [9.17, 15) is 0 Å². The molecule has 3 nitrogen and oxygen atoms in total. The van der Waals surface area contributed by atoms with E-state index in [4.69, 9.17) is 23.1 Å². The molecule has 60 valence electrons. The Morgan fingerprint density at radius 2 is 2.27 bits per heavy atom. The summed E-state index contributed by atoms with van der Waals surface area (Å²) in [6, 6.07) is 1.50. The van der Waals surface area contributed by atoms with E-state index >= 15 is 0 Å². The second kappa shape index (κ2) is 3.07. The first-order chi connectivity index (χ1) is 5.11. The first kappa shape index (κ1) is 8.30. The molecular weight excluding hydrogens is 162 g/mol. The van der Waals surface area contributed by atoms with E-state index in [1.165, 1.54) is 6.20 Å². The van der Waals surface area contributed by atoms with Crippen molar-refractivity contribution in [2.24, 2.45) is 5.73 Å². The van der Waals surface area contributed by atoms with Crippen molar-refractivity contribution in [1.29, 1.82) is 0 Å². The van der Waals surface area contributed by atoms with Crippen molar-refractivity contribution in [1.82, 2.24) is 4.98 Å². The molecule has 0 saturated carbocycles. The van der Waals surface area contributed by atoms with Crippen LogP contribution in [-0.2, 0) is 0 Å². The van der Waals surface area contributed by atoms with Gasteiger partial charge in [-0.25, -0.2) is 0 Å². The lowest BCUT2D eigenvalue weighted by molar-refractivity contribution is 0.785. The van der Waals surface area contributed by atoms with Gasteiger partial charge in [0, 0.05) is 12.2 Å². The third-order valence-electron chi connectivity index (χ3n) is 1.35. The van der Waals surface area contributed by atoms with Crippen molar-refractivity contribution in [2.45, 2.75) is 13.0 Å². The van der Waals surface area contributed by atoms with E-state index in [1.807, 2.05) is 6.92 Å². The fourth-order valence-corrected chi connectivity index (χ4v) is 1.01. The summed E-state index contributed by atoms with van der Waals surface area (Å²) in [5, 5.41) is 0.534. The van der Waals surface area contributed by atoms with Gasteiger partial charge in [0.25, 0.3) is 0 Å². The molecule has 11 heavy (non-hydrogen) atoms. The second-order valence-corrected chi connectivity index (χ2v) is 2.85. The van der Waals surface area contributed by atoms with Crippen LogP contribution in [0.15, 0.2) is 12.3 Å². The normalized spacial score (nSPS) is 13.0. The molecule has 0 fully saturated rings. The summed E-state index contributed by atoms with van der Waals surface area (Å²) in [6.45, 7) is 1.83. The fourth-order valence-electron chi connectivity index (χ4n) is 0.846. The van der Waals surface area contributed by atoms with Gasteiger partial charge in [0.2, 0.25) is 0 Å². The number of nitrogens with two attached hydrogens (primary N) is 2. The zero-order chi connectivity index (χ0) is 8.43. The van der Waals surface area contributed by atoms with Crippen LogP contribution in [0, 0.1) is 0 Å². The summed E-state index contributed by atoms with van der Waals surface area (Å²) in [5.41, 5.74) is 12.4. The van der Waals surface area contributed by atoms with Crippen LogP contribution in [0.3, 0.4) is 0 Å². The Balaban J connectivity index is 3.09. The highest BCUT2D eigenvalue weighted by Gasteiger charge is 2.05. The monoisotopic (exact) mass is 171 g/mol. The number of nitrogens with zero attached hydrogens (tertiary/aromatic N) is 1. The van der Waals surface area contributed by atoms with Crippen molar-refractivity contribution in [2.75, 3.05) is 5.73 Å². The third kappa shape index (κ3) is 1.82. The summed E-state index contributed by atoms with van der Waals surface area (Å²) >= 11 is 5.64. The predicted octanol–water partition coefficient (Wildman–Crippen LogP) is 1.34. The third-order valence-corrected chi connectivity index (χ3v) is 1.55. The topological polar surface area (TPSA) is 64.9 Å². The van der Waals surface area contributed by atoms with Crippen molar-refractivity contribution in [3.63, 3.8) is 0 Å². The molecule has 1 rings (SSSR count). The van der Waals surface area contributed by atoms with E-state index in [2.05, 4.69) is 4.98 Å². The van der Waals surface area contributed by atoms with E-state index < -0.39 is 0 Å². The van der Waals surface area contributed by atoms with Crippen molar-refractivity contribution < 1.29 is 0 Å². The van der Waals surface area contributed by atoms with Gasteiger partial charge in [0.15, 0.2) is 0 Å². The van der Waals surface area contributed by atoms with Gasteiger partial charge in [-0.3, -0.25) is 4.98 Å². The molecule has 0 spiro atoms. The molecule has 0 aromatic carbocycles. The SMILES string of the molecule is CC(N)c1ncc(Cl)cc1N. The maximum atomic E-state index is 5.64. The quantitative estimate of drug-likeness (QED) is 0.670. The van der Waals surface area contributed by atoms with E-state index in [0.717, 1.165) is 0 Å². The van der Waals surface area contributed by atoms with Gasteiger partial charge in [-0.1, -0.05) is 11.6 Å². The van der Waals surface area contributed by atoms with E-state index in [-0.39, 0.29) is 6.04 Å². The van der Waals surface area contributed by atoms with Crippen LogP contribution in [-0.4, -0.2) is 4.98 Å². The minimum atomic E-state index is -0.146. The molecular formula is C7H10ClN3. The standard InChI is InChI=1S/C7H10ClN3/c1-4(9)7-6(10)2-5(8)3-11-7/h2-4H,9-10H2,1H3. The van der Waals surface area contributed by atoms with Crippen LogP contribution < -0.4 is 11.5 Å². The van der Waals surface area contributed by atoms with Crippen LogP contribution in [0.1, 0.15) is 18.7 Å². The maximum Gasteiger partial charge on any atom is 0.0797 e. The van der Waals surface area contributed by atoms with Gasteiger partial charge in [-0.15, -0.1) is 0 Å². The lowest BCUT2D eigenvalue weighted by atomic mass is 10.2. The largest absolute Gasteiger partial charge is 0.397 e. The summed E-state index contributed by atoms with van der Waals surface area (Å²) in [5.74, 6) is 0. The highest BCUT2D eigenvalue weighted by atomic mass is 35.5. The van der Waals surface area contributed by atoms with Gasteiger partial charge in [-0.2, -0.15) is 0 Å². The van der Waals surface area contributed by atoms with Crippen LogP contribution in [0.5, 0.6) is 0 Å². The van der Waals surface area contributed by atoms with Crippen molar-refractivity contribution >= 4 is 17.3 Å². The van der Waals surface area contributed by atoms with Crippen molar-refractivity contribution in [3.8, 4) is 0 Å². The van der Waals surface area contributed by atoms with Gasteiger partial charge in [0.05, 0.1) is 16.4 Å². The van der Waals surface area contributed by atoms with Gasteiger partial charge in [-0.05, 0) is 13.0 Å². The minimum absolute atomic E-state index is 0.146. The van der Waals surface area contributed by atoms with Gasteiger partial charge < -0.3 is 11.5 Å². The van der Waals surface area contributed by atoms with Crippen LogP contribution in [0.4, 0.5) is 5.69 Å². The first-order valence-corrected chi connectivity index (χ1v) is 3.65. The molecule has 1 atom stereocenters. The summed E-state index contributed by atoms with van der Waals surface area (Å²) in [6.07, 6.45) is 1.54. The zero-order valence-electron chi connectivity index (χ0n) is 6.21. The van der Waals surface area contributed by atoms with E-state index in [1.54, 1.807) is 6.07 Å². The predicted molar refractivity (Wildman–Crippen MR) is 46.3 cm³/mol. The average Bonchev–Trinajstić information content (AvgIpc) is 1.85. The number of hydrogen-bond acceptors (Lipinski definition) is 3. The first-order valence-electron chi connectivity index (χ1n) is 3.27. The molecule has 0 bridgehead atoms. The molecule has 0 amide bonds. The lowest BCUT2D eigenvalue weighted by Crippen LogP contribution is -2.10. The Kier molecular flexibility index (Phi) is 2.31. The van der Waals surface area contributed by atoms with Gasteiger partial charge >= 0.3 is 0 Å². The highest BCUT2D eigenvalue weighted by molar-refractivity contribution is 6.30. The van der Waals surface area contributed by atoms with Crippen molar-refractivity contribution in [3.05, 3.63) is 23.0 Å². The number of rotatable bonds is 1. The zero-order valence-corrected chi connectivity index (χ0v) is 6.97. The summed E-state index contributed by atoms with van der Waals surface area (Å²) in [4.78, 5) is 4.00. The molecule has 4 N–H and O–H groups in total. The number of anilines is 1. The Morgan fingerprint density at radius 1 is 1.64 bits per heavy atom. The Bertz CT molecular complexity index is 260. The number of nitrogen functional groups attached to an aromatic ring is 1. The molecule has 1 heterocycles. The fraction of sp³-hybridized carbons (Fsp3) is 0.286. The molecule has 0 aliphatic heterocycles. The number of pyridine rings is 1. The van der Waals surface area contributed by atoms with Gasteiger partial charge in [0.1, 0.15) is 0 Å². The maximum absolute atomic E-state index is 5.64. The number of hydrogen-bond donors (Lipinski definition) is 2. The molecule has 1 aromatic rings. The molecule has 1 unspecified atom stereocenters. The molecule has 4 heteroatoms. The van der Waals surface area contributed by atoms with Crippen LogP contribution in [0.2, 0.25) is 5.02 Å². The molecule has 1 aromatic heterocycles. The Hall–Kier alpha value is -0.800. The second-order valence-electron chi connectivity index (χ2n) is 2.42. The Morgan fingerprint density at radius 3 is 2.73 bits per heavy atom. The highest BCUT2D eigenvalue weighted by Crippen LogP contribution is 2.18. The molecule has 0 aliphatic carbocycles. The van der Waals surface area contributed by atoms with Crippen LogP contribution in [0.25, 0.3) is 0 Å². The smallest absolute Gasteiger partial charge is 0.0797 e.